The molecule has 0 aliphatic carbocycles. The molecule has 0 fully saturated rings. The predicted molar refractivity (Wildman–Crippen MR) is 75.7 cm³/mol. The zero-order chi connectivity index (χ0) is 12.8. The van der Waals surface area contributed by atoms with Gasteiger partial charge in [-0.1, -0.05) is 18.2 Å². The molecule has 0 atom stereocenters. The van der Waals surface area contributed by atoms with Crippen LogP contribution in [-0.4, -0.2) is 14.8 Å². The molecule has 4 nitrogen and oxygen atoms in total. The van der Waals surface area contributed by atoms with Gasteiger partial charge in [0.1, 0.15) is 0 Å². The first-order valence-corrected chi connectivity index (χ1v) is 6.73. The summed E-state index contributed by atoms with van der Waals surface area (Å²) in [5.41, 5.74) is 11.9. The van der Waals surface area contributed by atoms with E-state index in [0.29, 0.717) is 6.54 Å². The fourth-order valence-electron chi connectivity index (χ4n) is 3.12. The molecule has 3 heterocycles. The molecule has 3 aromatic rings. The summed E-state index contributed by atoms with van der Waals surface area (Å²) in [5.74, 6) is 0. The van der Waals surface area contributed by atoms with Crippen LogP contribution in [0.1, 0.15) is 17.8 Å². The number of nitrogens with one attached hydrogen (secondary N) is 1. The van der Waals surface area contributed by atoms with Crippen LogP contribution in [0.5, 0.6) is 0 Å². The number of aryl methyl sites for hydroxylation is 1. The lowest BCUT2D eigenvalue weighted by atomic mass is 10.0. The maximum atomic E-state index is 5.88. The number of hydrogen-bond donors (Lipinski definition) is 2. The van der Waals surface area contributed by atoms with Crippen LogP contribution in [0.3, 0.4) is 0 Å². The second-order valence-electron chi connectivity index (χ2n) is 5.05. The van der Waals surface area contributed by atoms with E-state index in [1.54, 1.807) is 0 Å². The molecule has 0 bridgehead atoms. The Morgan fingerprint density at radius 3 is 3.11 bits per heavy atom. The molecular formula is C15H16N4. The van der Waals surface area contributed by atoms with Gasteiger partial charge in [0.2, 0.25) is 0 Å². The van der Waals surface area contributed by atoms with Gasteiger partial charge in [0.15, 0.2) is 0 Å². The van der Waals surface area contributed by atoms with Crippen molar-refractivity contribution >= 4 is 10.9 Å². The Hall–Kier alpha value is -2.07. The lowest BCUT2D eigenvalue weighted by Crippen LogP contribution is -2.01. The highest BCUT2D eigenvalue weighted by atomic mass is 15.3. The van der Waals surface area contributed by atoms with Gasteiger partial charge in [-0.15, -0.1) is 0 Å². The van der Waals surface area contributed by atoms with E-state index in [-0.39, 0.29) is 0 Å². The summed E-state index contributed by atoms with van der Waals surface area (Å²) < 4.78 is 2.12. The minimum atomic E-state index is 0.495. The number of aromatic nitrogens is 3. The molecule has 4 rings (SSSR count). The van der Waals surface area contributed by atoms with Crippen molar-refractivity contribution in [3.8, 4) is 11.1 Å². The minimum absolute atomic E-state index is 0.495. The van der Waals surface area contributed by atoms with Gasteiger partial charge in [-0.05, 0) is 18.9 Å². The number of H-pyrrole nitrogens is 1. The summed E-state index contributed by atoms with van der Waals surface area (Å²) in [6, 6.07) is 8.38. The summed E-state index contributed by atoms with van der Waals surface area (Å²) in [7, 11) is 0. The number of fused-ring (bicyclic) bond motifs is 2. The van der Waals surface area contributed by atoms with E-state index >= 15 is 0 Å². The third-order valence-corrected chi connectivity index (χ3v) is 3.97. The Kier molecular flexibility index (Phi) is 2.26. The molecule has 1 aromatic carbocycles. The second kappa shape index (κ2) is 3.96. The highest BCUT2D eigenvalue weighted by Crippen LogP contribution is 2.36. The van der Waals surface area contributed by atoms with Crippen LogP contribution in [0.15, 0.2) is 30.5 Å². The summed E-state index contributed by atoms with van der Waals surface area (Å²) in [6.07, 6.45) is 4.37. The van der Waals surface area contributed by atoms with Crippen molar-refractivity contribution in [3.05, 3.63) is 41.9 Å². The molecule has 0 saturated heterocycles. The molecule has 1 aliphatic rings. The molecule has 1 aliphatic heterocycles. The molecule has 3 N–H and O–H groups in total. The van der Waals surface area contributed by atoms with Crippen LogP contribution in [-0.2, 0) is 19.5 Å². The number of hydrogen-bond acceptors (Lipinski definition) is 2. The van der Waals surface area contributed by atoms with Crippen molar-refractivity contribution in [1.82, 2.24) is 14.8 Å². The van der Waals surface area contributed by atoms with E-state index in [2.05, 4.69) is 45.2 Å². The highest BCUT2D eigenvalue weighted by Gasteiger charge is 2.23. The van der Waals surface area contributed by atoms with Crippen LogP contribution in [0.25, 0.3) is 22.0 Å². The van der Waals surface area contributed by atoms with E-state index in [4.69, 9.17) is 5.73 Å². The Balaban J connectivity index is 2.02. The SMILES string of the molecule is NCc1nn2c(c1-c1c[nH]c3ccccc13)CCC2. The zero-order valence-corrected chi connectivity index (χ0v) is 10.7. The molecule has 0 saturated carbocycles. The molecule has 0 spiro atoms. The molecule has 0 amide bonds. The van der Waals surface area contributed by atoms with E-state index < -0.39 is 0 Å². The second-order valence-corrected chi connectivity index (χ2v) is 5.05. The third kappa shape index (κ3) is 1.47. The van der Waals surface area contributed by atoms with Crippen LogP contribution in [0.4, 0.5) is 0 Å². The topological polar surface area (TPSA) is 59.6 Å². The Labute approximate surface area is 111 Å². The fourth-order valence-corrected chi connectivity index (χ4v) is 3.12. The van der Waals surface area contributed by atoms with Crippen LogP contribution in [0, 0.1) is 0 Å². The molecule has 19 heavy (non-hydrogen) atoms. The first-order valence-electron chi connectivity index (χ1n) is 6.73. The maximum absolute atomic E-state index is 5.88. The number of para-hydroxylation sites is 1. The molecule has 0 unspecified atom stereocenters. The Morgan fingerprint density at radius 1 is 1.32 bits per heavy atom. The largest absolute Gasteiger partial charge is 0.361 e. The average Bonchev–Trinajstić information content (AvgIpc) is 3.11. The maximum Gasteiger partial charge on any atom is 0.0842 e. The van der Waals surface area contributed by atoms with Crippen molar-refractivity contribution in [2.24, 2.45) is 5.73 Å². The van der Waals surface area contributed by atoms with Gasteiger partial charge in [-0.25, -0.2) is 0 Å². The molecule has 4 heteroatoms. The number of nitrogens with two attached hydrogens (primary N) is 1. The van der Waals surface area contributed by atoms with E-state index in [1.807, 2.05) is 0 Å². The van der Waals surface area contributed by atoms with Gasteiger partial charge in [-0.2, -0.15) is 5.10 Å². The summed E-state index contributed by atoms with van der Waals surface area (Å²) in [5, 5.41) is 5.90. The van der Waals surface area contributed by atoms with Crippen LogP contribution >= 0.6 is 0 Å². The molecule has 0 radical (unpaired) electrons. The smallest absolute Gasteiger partial charge is 0.0842 e. The Morgan fingerprint density at radius 2 is 2.21 bits per heavy atom. The van der Waals surface area contributed by atoms with Crippen molar-refractivity contribution < 1.29 is 0 Å². The molecule has 2 aromatic heterocycles. The van der Waals surface area contributed by atoms with Gasteiger partial charge >= 0.3 is 0 Å². The van der Waals surface area contributed by atoms with Gasteiger partial charge in [0.25, 0.3) is 0 Å². The van der Waals surface area contributed by atoms with Crippen LogP contribution in [0.2, 0.25) is 0 Å². The monoisotopic (exact) mass is 252 g/mol. The van der Waals surface area contributed by atoms with E-state index in [0.717, 1.165) is 18.7 Å². The van der Waals surface area contributed by atoms with Gasteiger partial charge in [-0.3, -0.25) is 4.68 Å². The average molecular weight is 252 g/mol. The lowest BCUT2D eigenvalue weighted by Gasteiger charge is -2.02. The summed E-state index contributed by atoms with van der Waals surface area (Å²) >= 11 is 0. The Bertz CT molecular complexity index is 751. The van der Waals surface area contributed by atoms with Gasteiger partial charge in [0.05, 0.1) is 5.69 Å². The number of nitrogens with zero attached hydrogens (tertiary/aromatic N) is 2. The quantitative estimate of drug-likeness (QED) is 0.736. The van der Waals surface area contributed by atoms with Crippen molar-refractivity contribution in [2.45, 2.75) is 25.9 Å². The van der Waals surface area contributed by atoms with Gasteiger partial charge < -0.3 is 10.7 Å². The van der Waals surface area contributed by atoms with Gasteiger partial charge in [0, 0.05) is 47.0 Å². The zero-order valence-electron chi connectivity index (χ0n) is 10.7. The fraction of sp³-hybridized carbons (Fsp3) is 0.267. The standard InChI is InChI=1S/C15H16N4/c16-8-13-15(14-6-3-7-19(14)18-13)11-9-17-12-5-2-1-4-10(11)12/h1-2,4-5,9,17H,3,6-8,16H2. The predicted octanol–water partition coefficient (Wildman–Crippen LogP) is 2.44. The first kappa shape index (κ1) is 10.8. The van der Waals surface area contributed by atoms with Crippen molar-refractivity contribution in [2.75, 3.05) is 0 Å². The van der Waals surface area contributed by atoms with Crippen molar-refractivity contribution in [3.63, 3.8) is 0 Å². The highest BCUT2D eigenvalue weighted by molar-refractivity contribution is 5.96. The third-order valence-electron chi connectivity index (χ3n) is 3.97. The molecule has 96 valence electrons. The normalized spacial score (nSPS) is 14.2. The lowest BCUT2D eigenvalue weighted by molar-refractivity contribution is 0.644. The van der Waals surface area contributed by atoms with Crippen molar-refractivity contribution in [1.29, 1.82) is 0 Å². The minimum Gasteiger partial charge on any atom is -0.361 e. The molecular weight excluding hydrogens is 236 g/mol. The van der Waals surface area contributed by atoms with E-state index in [9.17, 15) is 0 Å². The number of aromatic amines is 1. The number of rotatable bonds is 2. The number of benzene rings is 1. The summed E-state index contributed by atoms with van der Waals surface area (Å²) in [4.78, 5) is 3.34. The first-order chi connectivity index (χ1) is 9.38. The summed E-state index contributed by atoms with van der Waals surface area (Å²) in [6.45, 7) is 1.51. The van der Waals surface area contributed by atoms with Crippen LogP contribution < -0.4 is 5.73 Å². The van der Waals surface area contributed by atoms with E-state index in [1.165, 1.54) is 34.1 Å².